The SMILES string of the molecule is O=C(O)C1(O)C=CC(O)(C(=O)O)CC1. The van der Waals surface area contributed by atoms with Gasteiger partial charge in [-0.2, -0.15) is 0 Å². The van der Waals surface area contributed by atoms with Crippen molar-refractivity contribution in [3.05, 3.63) is 12.2 Å². The second kappa shape index (κ2) is 3.07. The van der Waals surface area contributed by atoms with E-state index in [0.717, 1.165) is 12.2 Å². The quantitative estimate of drug-likeness (QED) is 0.425. The zero-order valence-corrected chi connectivity index (χ0v) is 7.17. The molecule has 0 heterocycles. The zero-order valence-electron chi connectivity index (χ0n) is 7.17. The van der Waals surface area contributed by atoms with Crippen molar-refractivity contribution in [2.45, 2.75) is 24.0 Å². The molecular weight excluding hydrogens is 192 g/mol. The Hall–Kier alpha value is -1.40. The molecule has 0 aromatic rings. The van der Waals surface area contributed by atoms with Crippen LogP contribution in [-0.4, -0.2) is 43.6 Å². The number of carboxylic acids is 2. The Kier molecular flexibility index (Phi) is 2.34. The van der Waals surface area contributed by atoms with E-state index in [9.17, 15) is 19.8 Å². The van der Waals surface area contributed by atoms with E-state index in [1.54, 1.807) is 0 Å². The van der Waals surface area contributed by atoms with E-state index in [1.165, 1.54) is 0 Å². The number of aliphatic carboxylic acids is 2. The minimum Gasteiger partial charge on any atom is -0.479 e. The number of aliphatic hydroxyl groups is 2. The molecule has 1 rings (SSSR count). The van der Waals surface area contributed by atoms with Crippen molar-refractivity contribution >= 4 is 11.9 Å². The van der Waals surface area contributed by atoms with Gasteiger partial charge in [0.05, 0.1) is 0 Å². The topological polar surface area (TPSA) is 115 Å². The second-order valence-corrected chi connectivity index (χ2v) is 3.29. The largest absolute Gasteiger partial charge is 0.479 e. The standard InChI is InChI=1S/C8H10O6/c9-5(10)7(13)1-2-8(14,4-3-7)6(11)12/h1-2,13-14H,3-4H2,(H,9,10)(H,11,12). The molecule has 78 valence electrons. The molecule has 6 heteroatoms. The summed E-state index contributed by atoms with van der Waals surface area (Å²) in [6.45, 7) is 0. The van der Waals surface area contributed by atoms with Gasteiger partial charge in [0, 0.05) is 0 Å². The predicted molar refractivity (Wildman–Crippen MR) is 43.5 cm³/mol. The fourth-order valence-electron chi connectivity index (χ4n) is 1.18. The van der Waals surface area contributed by atoms with E-state index in [-0.39, 0.29) is 12.8 Å². The molecule has 2 atom stereocenters. The van der Waals surface area contributed by atoms with Crippen LogP contribution in [-0.2, 0) is 9.59 Å². The van der Waals surface area contributed by atoms with Gasteiger partial charge in [-0.05, 0) is 25.0 Å². The molecule has 6 nitrogen and oxygen atoms in total. The van der Waals surface area contributed by atoms with Gasteiger partial charge < -0.3 is 20.4 Å². The van der Waals surface area contributed by atoms with Crippen LogP contribution < -0.4 is 0 Å². The Balaban J connectivity index is 2.93. The van der Waals surface area contributed by atoms with Crippen molar-refractivity contribution in [1.82, 2.24) is 0 Å². The summed E-state index contributed by atoms with van der Waals surface area (Å²) in [6.07, 6.45) is 0.934. The molecule has 4 N–H and O–H groups in total. The van der Waals surface area contributed by atoms with Crippen LogP contribution in [0.4, 0.5) is 0 Å². The summed E-state index contributed by atoms with van der Waals surface area (Å²) >= 11 is 0. The van der Waals surface area contributed by atoms with Crippen molar-refractivity contribution in [1.29, 1.82) is 0 Å². The molecule has 1 aliphatic rings. The molecule has 0 aromatic heterocycles. The van der Waals surface area contributed by atoms with E-state index in [0.29, 0.717) is 0 Å². The third-order valence-electron chi connectivity index (χ3n) is 2.26. The normalized spacial score (nSPS) is 36.7. The average molecular weight is 202 g/mol. The maximum atomic E-state index is 10.5. The molecule has 1 aliphatic carbocycles. The summed E-state index contributed by atoms with van der Waals surface area (Å²) in [7, 11) is 0. The number of rotatable bonds is 2. The van der Waals surface area contributed by atoms with E-state index in [1.807, 2.05) is 0 Å². The van der Waals surface area contributed by atoms with Gasteiger partial charge in [-0.25, -0.2) is 9.59 Å². The summed E-state index contributed by atoms with van der Waals surface area (Å²) in [4.78, 5) is 21.1. The van der Waals surface area contributed by atoms with Crippen molar-refractivity contribution in [2.24, 2.45) is 0 Å². The molecule has 0 fully saturated rings. The summed E-state index contributed by atoms with van der Waals surface area (Å²) < 4.78 is 0. The van der Waals surface area contributed by atoms with E-state index in [4.69, 9.17) is 10.2 Å². The van der Waals surface area contributed by atoms with Crippen LogP contribution in [0.5, 0.6) is 0 Å². The predicted octanol–water partition coefficient (Wildman–Crippen LogP) is -1.03. The Morgan fingerprint density at radius 3 is 1.36 bits per heavy atom. The van der Waals surface area contributed by atoms with Crippen LogP contribution in [0.25, 0.3) is 0 Å². The van der Waals surface area contributed by atoms with E-state index >= 15 is 0 Å². The minimum atomic E-state index is -2.07. The summed E-state index contributed by atoms with van der Waals surface area (Å²) in [5, 5.41) is 35.9. The highest BCUT2D eigenvalue weighted by atomic mass is 16.4. The first kappa shape index (κ1) is 10.7. The molecule has 0 saturated heterocycles. The smallest absolute Gasteiger partial charge is 0.339 e. The average Bonchev–Trinajstić information content (AvgIpc) is 2.10. The van der Waals surface area contributed by atoms with Gasteiger partial charge in [0.15, 0.2) is 11.2 Å². The van der Waals surface area contributed by atoms with Gasteiger partial charge in [0.1, 0.15) is 0 Å². The lowest BCUT2D eigenvalue weighted by atomic mass is 9.82. The van der Waals surface area contributed by atoms with Crippen molar-refractivity contribution in [2.75, 3.05) is 0 Å². The zero-order chi connectivity index (χ0) is 11.0. The molecule has 2 unspecified atom stereocenters. The molecule has 0 spiro atoms. The fourth-order valence-corrected chi connectivity index (χ4v) is 1.18. The molecular formula is C8H10O6. The lowest BCUT2D eigenvalue weighted by molar-refractivity contribution is -0.162. The molecule has 0 amide bonds. The van der Waals surface area contributed by atoms with Crippen molar-refractivity contribution < 1.29 is 30.0 Å². The highest BCUT2D eigenvalue weighted by Gasteiger charge is 2.44. The first-order chi connectivity index (χ1) is 6.30. The van der Waals surface area contributed by atoms with Crippen LogP contribution in [0.2, 0.25) is 0 Å². The lowest BCUT2D eigenvalue weighted by Gasteiger charge is -2.30. The van der Waals surface area contributed by atoms with Gasteiger partial charge in [0.2, 0.25) is 0 Å². The Morgan fingerprint density at radius 1 is 0.929 bits per heavy atom. The van der Waals surface area contributed by atoms with Crippen LogP contribution in [0.1, 0.15) is 12.8 Å². The highest BCUT2D eigenvalue weighted by Crippen LogP contribution is 2.29. The van der Waals surface area contributed by atoms with Gasteiger partial charge >= 0.3 is 11.9 Å². The summed E-state index contributed by atoms with van der Waals surface area (Å²) in [5.41, 5.74) is -4.14. The Bertz CT molecular complexity index is 279. The van der Waals surface area contributed by atoms with Crippen molar-refractivity contribution in [3.8, 4) is 0 Å². The number of carbonyl (C=O) groups is 2. The van der Waals surface area contributed by atoms with Crippen LogP contribution in [0.15, 0.2) is 12.2 Å². The first-order valence-corrected chi connectivity index (χ1v) is 3.92. The maximum absolute atomic E-state index is 10.5. The maximum Gasteiger partial charge on any atom is 0.339 e. The van der Waals surface area contributed by atoms with Crippen LogP contribution >= 0.6 is 0 Å². The first-order valence-electron chi connectivity index (χ1n) is 3.92. The number of carboxylic acid groups (broad SMARTS) is 2. The molecule has 0 aliphatic heterocycles. The number of hydrogen-bond acceptors (Lipinski definition) is 4. The Labute approximate surface area is 79.1 Å². The minimum absolute atomic E-state index is 0.332. The summed E-state index contributed by atoms with van der Waals surface area (Å²) in [5.74, 6) is -2.91. The third-order valence-corrected chi connectivity index (χ3v) is 2.26. The fraction of sp³-hybridized carbons (Fsp3) is 0.500. The van der Waals surface area contributed by atoms with Gasteiger partial charge in [-0.1, -0.05) is 0 Å². The summed E-state index contributed by atoms with van der Waals surface area (Å²) in [6, 6.07) is 0. The second-order valence-electron chi connectivity index (χ2n) is 3.29. The van der Waals surface area contributed by atoms with E-state index in [2.05, 4.69) is 0 Å². The monoisotopic (exact) mass is 202 g/mol. The van der Waals surface area contributed by atoms with Crippen molar-refractivity contribution in [3.63, 3.8) is 0 Å². The van der Waals surface area contributed by atoms with Gasteiger partial charge in [0.25, 0.3) is 0 Å². The molecule has 0 radical (unpaired) electrons. The molecule has 0 aromatic carbocycles. The lowest BCUT2D eigenvalue weighted by Crippen LogP contribution is -2.47. The third kappa shape index (κ3) is 1.61. The Morgan fingerprint density at radius 2 is 1.21 bits per heavy atom. The number of hydrogen-bond donors (Lipinski definition) is 4. The molecule has 14 heavy (non-hydrogen) atoms. The highest BCUT2D eigenvalue weighted by molar-refractivity contribution is 5.84. The van der Waals surface area contributed by atoms with E-state index < -0.39 is 23.1 Å². The molecule has 0 saturated carbocycles. The van der Waals surface area contributed by atoms with Crippen LogP contribution in [0.3, 0.4) is 0 Å². The van der Waals surface area contributed by atoms with Gasteiger partial charge in [-0.3, -0.25) is 0 Å². The molecule has 0 bridgehead atoms. The van der Waals surface area contributed by atoms with Crippen LogP contribution in [0, 0.1) is 0 Å². The van der Waals surface area contributed by atoms with Gasteiger partial charge in [-0.15, -0.1) is 0 Å².